The molecule has 1 atom stereocenters. The molecule has 114 valence electrons. The van der Waals surface area contributed by atoms with Crippen LogP contribution in [0.4, 0.5) is 0 Å². The summed E-state index contributed by atoms with van der Waals surface area (Å²) in [5.74, 6) is 0.940. The number of hydrogen-bond acceptors (Lipinski definition) is 0. The molecule has 0 amide bonds. The van der Waals surface area contributed by atoms with E-state index in [1.54, 1.807) is 4.90 Å². The van der Waals surface area contributed by atoms with E-state index in [9.17, 15) is 0 Å². The van der Waals surface area contributed by atoms with Crippen LogP contribution < -0.4 is 9.80 Å². The van der Waals surface area contributed by atoms with Crippen molar-refractivity contribution in [3.05, 3.63) is 46.5 Å². The van der Waals surface area contributed by atoms with Crippen molar-refractivity contribution in [1.82, 2.24) is 0 Å². The van der Waals surface area contributed by atoms with E-state index in [0.717, 1.165) is 5.92 Å². The maximum absolute atomic E-state index is 3.68. The van der Waals surface area contributed by atoms with Gasteiger partial charge in [0.05, 0.1) is 6.54 Å². The molecule has 2 aliphatic rings. The number of piperazine rings is 1. The summed E-state index contributed by atoms with van der Waals surface area (Å²) in [5.41, 5.74) is 1.45. The van der Waals surface area contributed by atoms with Crippen LogP contribution in [0, 0.1) is 5.92 Å². The molecule has 1 heterocycles. The highest BCUT2D eigenvalue weighted by Gasteiger charge is 2.25. The highest BCUT2D eigenvalue weighted by atomic mass is 79.9. The summed E-state index contributed by atoms with van der Waals surface area (Å²) >= 11 is 3.68. The van der Waals surface area contributed by atoms with Crippen molar-refractivity contribution in [2.24, 2.45) is 5.92 Å². The van der Waals surface area contributed by atoms with Gasteiger partial charge >= 0.3 is 0 Å². The first kappa shape index (κ1) is 15.3. The lowest BCUT2D eigenvalue weighted by molar-refractivity contribution is -1.02. The largest absolute Gasteiger partial charge is 0.325 e. The topological polar surface area (TPSA) is 8.88 Å². The molecule has 0 bridgehead atoms. The fourth-order valence-electron chi connectivity index (χ4n) is 3.70. The highest BCUT2D eigenvalue weighted by Crippen LogP contribution is 2.16. The number of nitrogens with one attached hydrogen (secondary N) is 2. The number of benzene rings is 1. The van der Waals surface area contributed by atoms with Crippen LogP contribution in [0.3, 0.4) is 0 Å². The first-order chi connectivity index (χ1) is 10.3. The standard InChI is InChI=1S/C18H25BrN2/c19-18-9-5-4-8-17(18)15-21-12-10-20(11-13-21)14-16-6-2-1-3-7-16/h1-2,4-5,8-9,16H,3,6-7,10-15H2/p+2/t16-/m1/s1. The lowest BCUT2D eigenvalue weighted by atomic mass is 9.94. The minimum Gasteiger partial charge on any atom is -0.325 e. The Morgan fingerprint density at radius 2 is 1.76 bits per heavy atom. The van der Waals surface area contributed by atoms with Gasteiger partial charge in [0.25, 0.3) is 0 Å². The van der Waals surface area contributed by atoms with Gasteiger partial charge in [-0.25, -0.2) is 0 Å². The van der Waals surface area contributed by atoms with Crippen molar-refractivity contribution in [3.63, 3.8) is 0 Å². The summed E-state index contributed by atoms with van der Waals surface area (Å²) in [6.45, 7) is 7.89. The number of hydrogen-bond donors (Lipinski definition) is 2. The van der Waals surface area contributed by atoms with Gasteiger partial charge in [-0.3, -0.25) is 0 Å². The average molecular weight is 351 g/mol. The normalized spacial score (nSPS) is 29.5. The summed E-state index contributed by atoms with van der Waals surface area (Å²) in [6.07, 6.45) is 8.77. The van der Waals surface area contributed by atoms with Gasteiger partial charge in [-0.15, -0.1) is 0 Å². The molecule has 1 aromatic rings. The van der Waals surface area contributed by atoms with Crippen molar-refractivity contribution in [3.8, 4) is 0 Å². The second kappa shape index (κ2) is 7.57. The Labute approximate surface area is 136 Å². The van der Waals surface area contributed by atoms with Crippen LogP contribution in [0.2, 0.25) is 0 Å². The van der Waals surface area contributed by atoms with E-state index in [4.69, 9.17) is 0 Å². The predicted molar refractivity (Wildman–Crippen MR) is 90.6 cm³/mol. The first-order valence-electron chi connectivity index (χ1n) is 8.37. The van der Waals surface area contributed by atoms with Crippen LogP contribution in [-0.4, -0.2) is 32.7 Å². The third kappa shape index (κ3) is 4.41. The van der Waals surface area contributed by atoms with Crippen LogP contribution in [-0.2, 0) is 6.54 Å². The summed E-state index contributed by atoms with van der Waals surface area (Å²) < 4.78 is 1.27. The third-order valence-electron chi connectivity index (χ3n) is 5.02. The smallest absolute Gasteiger partial charge is 0.127 e. The first-order valence-corrected chi connectivity index (χ1v) is 9.16. The van der Waals surface area contributed by atoms with Gasteiger partial charge in [0, 0.05) is 16.0 Å². The fraction of sp³-hybridized carbons (Fsp3) is 0.556. The molecule has 1 aliphatic heterocycles. The number of halogens is 1. The van der Waals surface area contributed by atoms with Gasteiger partial charge < -0.3 is 9.80 Å². The quantitative estimate of drug-likeness (QED) is 0.752. The molecule has 1 saturated heterocycles. The monoisotopic (exact) mass is 350 g/mol. The van der Waals surface area contributed by atoms with Crippen molar-refractivity contribution in [1.29, 1.82) is 0 Å². The molecule has 3 heteroatoms. The predicted octanol–water partition coefficient (Wildman–Crippen LogP) is 1.09. The summed E-state index contributed by atoms with van der Waals surface area (Å²) in [6, 6.07) is 8.67. The second-order valence-corrected chi connectivity index (χ2v) is 7.48. The Kier molecular flexibility index (Phi) is 5.50. The molecule has 2 nitrogen and oxygen atoms in total. The SMILES string of the molecule is Brc1ccccc1C[NH+]1CC[NH+](C[C@@H]2CC=CCC2)CC1. The van der Waals surface area contributed by atoms with Crippen LogP contribution in [0.15, 0.2) is 40.9 Å². The summed E-state index contributed by atoms with van der Waals surface area (Å²) in [7, 11) is 0. The van der Waals surface area contributed by atoms with Crippen molar-refractivity contribution < 1.29 is 9.80 Å². The van der Waals surface area contributed by atoms with E-state index >= 15 is 0 Å². The average Bonchev–Trinajstić information content (AvgIpc) is 2.52. The molecule has 21 heavy (non-hydrogen) atoms. The van der Waals surface area contributed by atoms with Crippen molar-refractivity contribution >= 4 is 15.9 Å². The molecule has 1 aromatic carbocycles. The lowest BCUT2D eigenvalue weighted by Crippen LogP contribution is -3.27. The third-order valence-corrected chi connectivity index (χ3v) is 5.79. The van der Waals surface area contributed by atoms with Crippen LogP contribution >= 0.6 is 15.9 Å². The van der Waals surface area contributed by atoms with E-state index < -0.39 is 0 Å². The zero-order valence-corrected chi connectivity index (χ0v) is 14.4. The Morgan fingerprint density at radius 3 is 2.48 bits per heavy atom. The minimum atomic E-state index is 0.940. The second-order valence-electron chi connectivity index (χ2n) is 6.62. The molecule has 1 aliphatic carbocycles. The molecule has 0 spiro atoms. The van der Waals surface area contributed by atoms with Gasteiger partial charge in [-0.2, -0.15) is 0 Å². The van der Waals surface area contributed by atoms with Gasteiger partial charge in [0.1, 0.15) is 32.7 Å². The summed E-state index contributed by atoms with van der Waals surface area (Å²) in [4.78, 5) is 3.58. The number of allylic oxidation sites excluding steroid dienone is 2. The van der Waals surface area contributed by atoms with E-state index in [2.05, 4.69) is 52.3 Å². The Morgan fingerprint density at radius 1 is 1.00 bits per heavy atom. The van der Waals surface area contributed by atoms with Crippen molar-refractivity contribution in [2.45, 2.75) is 25.8 Å². The van der Waals surface area contributed by atoms with Crippen LogP contribution in [0.1, 0.15) is 24.8 Å². The van der Waals surface area contributed by atoms with Gasteiger partial charge in [-0.05, 0) is 25.3 Å². The van der Waals surface area contributed by atoms with Gasteiger partial charge in [-0.1, -0.05) is 46.3 Å². The Bertz CT molecular complexity index is 478. The van der Waals surface area contributed by atoms with E-state index in [-0.39, 0.29) is 0 Å². The number of quaternary nitrogens is 2. The lowest BCUT2D eigenvalue weighted by Gasteiger charge is -2.32. The zero-order valence-electron chi connectivity index (χ0n) is 12.8. The minimum absolute atomic E-state index is 0.940. The molecule has 2 N–H and O–H groups in total. The van der Waals surface area contributed by atoms with Gasteiger partial charge in [0.2, 0.25) is 0 Å². The molecular weight excluding hydrogens is 324 g/mol. The molecule has 1 fully saturated rings. The molecule has 0 radical (unpaired) electrons. The fourth-order valence-corrected chi connectivity index (χ4v) is 4.12. The Hall–Kier alpha value is -0.640. The molecular formula is C18H27BrN2+2. The highest BCUT2D eigenvalue weighted by molar-refractivity contribution is 9.10. The molecule has 3 rings (SSSR count). The number of rotatable bonds is 4. The maximum Gasteiger partial charge on any atom is 0.127 e. The van der Waals surface area contributed by atoms with Crippen LogP contribution in [0.25, 0.3) is 0 Å². The van der Waals surface area contributed by atoms with Gasteiger partial charge in [0.15, 0.2) is 0 Å². The van der Waals surface area contributed by atoms with E-state index in [1.807, 2.05) is 4.90 Å². The molecule has 0 aromatic heterocycles. The van der Waals surface area contributed by atoms with E-state index in [1.165, 1.54) is 68.6 Å². The van der Waals surface area contributed by atoms with E-state index in [0.29, 0.717) is 0 Å². The maximum atomic E-state index is 3.68. The Balaban J connectivity index is 1.44. The van der Waals surface area contributed by atoms with Crippen LogP contribution in [0.5, 0.6) is 0 Å². The zero-order chi connectivity index (χ0) is 14.5. The summed E-state index contributed by atoms with van der Waals surface area (Å²) in [5, 5.41) is 0. The van der Waals surface area contributed by atoms with Crippen molar-refractivity contribution in [2.75, 3.05) is 32.7 Å². The molecule has 0 saturated carbocycles. The molecule has 0 unspecified atom stereocenters.